The molecule has 9 heteroatoms. The molecule has 1 atom stereocenters. The maximum Gasteiger partial charge on any atom is 0.270 e. The van der Waals surface area contributed by atoms with Crippen molar-refractivity contribution >= 4 is 46.3 Å². The van der Waals surface area contributed by atoms with E-state index in [2.05, 4.69) is 10.4 Å². The molecule has 1 unspecified atom stereocenters. The van der Waals surface area contributed by atoms with Gasteiger partial charge in [0.2, 0.25) is 5.91 Å². The second-order valence-corrected chi connectivity index (χ2v) is 7.55. The molecule has 0 saturated carbocycles. The van der Waals surface area contributed by atoms with Gasteiger partial charge in [0.25, 0.3) is 5.91 Å². The molecule has 2 amide bonds. The Morgan fingerprint density at radius 3 is 2.58 bits per heavy atom. The Labute approximate surface area is 185 Å². The Bertz CT molecular complexity index is 1030. The number of hydrogen-bond acceptors (Lipinski definition) is 6. The largest absolute Gasteiger partial charge is 0.495 e. The molecule has 1 heterocycles. The van der Waals surface area contributed by atoms with Crippen LogP contribution in [0.15, 0.2) is 53.6 Å². The summed E-state index contributed by atoms with van der Waals surface area (Å²) in [6.07, 6.45) is 0.178. The van der Waals surface area contributed by atoms with E-state index in [0.717, 1.165) is 5.69 Å². The van der Waals surface area contributed by atoms with Gasteiger partial charge in [0.05, 0.1) is 25.0 Å². The van der Waals surface area contributed by atoms with Crippen molar-refractivity contribution in [1.29, 1.82) is 0 Å². The third-order valence-corrected chi connectivity index (χ3v) is 5.05. The average Bonchev–Trinajstić information content (AvgIpc) is 3.19. The standard InChI is InChI=1S/C22H23ClN4O4/c1-14(28)19-12-18(25-27(19)16-7-5-4-6-8-16)22(30)26(2)13-21(29)24-17-11-15(23)9-10-20(17)31-3/h4-11,19H,12-13H2,1-3H3,(H,24,29). The van der Waals surface area contributed by atoms with Crippen LogP contribution in [0.25, 0.3) is 0 Å². The molecule has 1 N–H and O–H groups in total. The van der Waals surface area contributed by atoms with E-state index in [-0.39, 0.29) is 24.5 Å². The van der Waals surface area contributed by atoms with Gasteiger partial charge in [0.15, 0.2) is 5.78 Å². The van der Waals surface area contributed by atoms with Crippen molar-refractivity contribution in [2.24, 2.45) is 5.10 Å². The summed E-state index contributed by atoms with van der Waals surface area (Å²) in [5.74, 6) is -0.477. The highest BCUT2D eigenvalue weighted by Crippen LogP contribution is 2.28. The Hall–Kier alpha value is -3.39. The molecule has 1 aliphatic rings. The third-order valence-electron chi connectivity index (χ3n) is 4.81. The monoisotopic (exact) mass is 442 g/mol. The Morgan fingerprint density at radius 2 is 1.94 bits per heavy atom. The summed E-state index contributed by atoms with van der Waals surface area (Å²) in [5, 5.41) is 9.07. The first-order valence-electron chi connectivity index (χ1n) is 9.61. The van der Waals surface area contributed by atoms with Crippen molar-refractivity contribution in [3.63, 3.8) is 0 Å². The predicted molar refractivity (Wildman–Crippen MR) is 120 cm³/mol. The summed E-state index contributed by atoms with van der Waals surface area (Å²) in [4.78, 5) is 38.7. The van der Waals surface area contributed by atoms with E-state index in [4.69, 9.17) is 16.3 Å². The third kappa shape index (κ3) is 5.21. The van der Waals surface area contributed by atoms with Crippen molar-refractivity contribution < 1.29 is 19.1 Å². The van der Waals surface area contributed by atoms with Crippen molar-refractivity contribution in [2.45, 2.75) is 19.4 Å². The number of likely N-dealkylation sites (N-methyl/N-ethyl adjacent to an activating group) is 1. The average molecular weight is 443 g/mol. The van der Waals surface area contributed by atoms with Crippen LogP contribution < -0.4 is 15.1 Å². The van der Waals surface area contributed by atoms with Crippen molar-refractivity contribution in [1.82, 2.24) is 4.90 Å². The minimum Gasteiger partial charge on any atom is -0.495 e. The molecule has 31 heavy (non-hydrogen) atoms. The second-order valence-electron chi connectivity index (χ2n) is 7.11. The highest BCUT2D eigenvalue weighted by molar-refractivity contribution is 6.40. The molecule has 1 aliphatic heterocycles. The molecular weight excluding hydrogens is 420 g/mol. The summed E-state index contributed by atoms with van der Waals surface area (Å²) < 4.78 is 5.21. The van der Waals surface area contributed by atoms with Crippen LogP contribution >= 0.6 is 11.6 Å². The number of rotatable bonds is 7. The zero-order valence-corrected chi connectivity index (χ0v) is 18.2. The molecule has 0 saturated heterocycles. The zero-order valence-electron chi connectivity index (χ0n) is 17.5. The molecule has 0 bridgehead atoms. The van der Waals surface area contributed by atoms with E-state index in [1.807, 2.05) is 30.3 Å². The number of carbonyl (C=O) groups is 3. The fourth-order valence-electron chi connectivity index (χ4n) is 3.25. The molecule has 2 aromatic rings. The summed E-state index contributed by atoms with van der Waals surface area (Å²) in [7, 11) is 2.99. The van der Waals surface area contributed by atoms with Crippen LogP contribution in [0, 0.1) is 0 Å². The lowest BCUT2D eigenvalue weighted by atomic mass is 10.1. The van der Waals surface area contributed by atoms with E-state index in [0.29, 0.717) is 16.5 Å². The predicted octanol–water partition coefficient (Wildman–Crippen LogP) is 2.97. The molecule has 0 aliphatic carbocycles. The zero-order chi connectivity index (χ0) is 22.5. The first-order chi connectivity index (χ1) is 14.8. The van der Waals surface area contributed by atoms with Gasteiger partial charge in [-0.15, -0.1) is 0 Å². The van der Waals surface area contributed by atoms with Gasteiger partial charge in [-0.05, 0) is 37.3 Å². The van der Waals surface area contributed by atoms with E-state index in [9.17, 15) is 14.4 Å². The molecule has 0 aromatic heterocycles. The van der Waals surface area contributed by atoms with Gasteiger partial charge in [-0.3, -0.25) is 19.4 Å². The summed E-state index contributed by atoms with van der Waals surface area (Å²) in [6.45, 7) is 1.27. The molecule has 162 valence electrons. The smallest absolute Gasteiger partial charge is 0.270 e. The van der Waals surface area contributed by atoms with E-state index < -0.39 is 17.9 Å². The quantitative estimate of drug-likeness (QED) is 0.711. The summed E-state index contributed by atoms with van der Waals surface area (Å²) >= 11 is 5.98. The van der Waals surface area contributed by atoms with Crippen molar-refractivity contribution in [2.75, 3.05) is 31.0 Å². The highest BCUT2D eigenvalue weighted by Gasteiger charge is 2.35. The van der Waals surface area contributed by atoms with Gasteiger partial charge in [-0.2, -0.15) is 5.10 Å². The fourth-order valence-corrected chi connectivity index (χ4v) is 3.42. The van der Waals surface area contributed by atoms with Crippen LogP contribution in [0.5, 0.6) is 5.75 Å². The highest BCUT2D eigenvalue weighted by atomic mass is 35.5. The number of para-hydroxylation sites is 1. The number of nitrogens with zero attached hydrogens (tertiary/aromatic N) is 3. The molecule has 2 aromatic carbocycles. The Kier molecular flexibility index (Phi) is 6.91. The number of Topliss-reactive ketones (excluding diaryl/α,β-unsaturated/α-hetero) is 1. The normalized spacial score (nSPS) is 15.3. The lowest BCUT2D eigenvalue weighted by molar-refractivity contribution is -0.127. The second kappa shape index (κ2) is 9.61. The van der Waals surface area contributed by atoms with E-state index >= 15 is 0 Å². The van der Waals surface area contributed by atoms with Gasteiger partial charge in [-0.25, -0.2) is 0 Å². The molecule has 0 radical (unpaired) electrons. The molecule has 0 fully saturated rings. The number of carbonyl (C=O) groups excluding carboxylic acids is 3. The fraction of sp³-hybridized carbons (Fsp3) is 0.273. The van der Waals surface area contributed by atoms with E-state index in [1.54, 1.807) is 23.2 Å². The maximum absolute atomic E-state index is 12.9. The first-order valence-corrected chi connectivity index (χ1v) is 9.99. The van der Waals surface area contributed by atoms with Crippen LogP contribution in [0.1, 0.15) is 13.3 Å². The number of benzene rings is 2. The topological polar surface area (TPSA) is 91.3 Å². The van der Waals surface area contributed by atoms with Crippen LogP contribution in [-0.4, -0.2) is 55.0 Å². The number of hydrogen-bond donors (Lipinski definition) is 1. The first kappa shape index (κ1) is 22.3. The Balaban J connectivity index is 1.70. The number of ether oxygens (including phenoxy) is 1. The molecule has 8 nitrogen and oxygen atoms in total. The minimum atomic E-state index is -0.556. The maximum atomic E-state index is 12.9. The van der Waals surface area contributed by atoms with Crippen LogP contribution in [0.2, 0.25) is 5.02 Å². The minimum absolute atomic E-state index is 0.0937. The van der Waals surface area contributed by atoms with Gasteiger partial charge in [0.1, 0.15) is 17.5 Å². The number of amides is 2. The number of nitrogens with one attached hydrogen (secondary N) is 1. The molecule has 0 spiro atoms. The Morgan fingerprint density at radius 1 is 1.23 bits per heavy atom. The SMILES string of the molecule is COc1ccc(Cl)cc1NC(=O)CN(C)C(=O)C1=NN(c2ccccc2)C(C(C)=O)C1. The van der Waals surface area contributed by atoms with Crippen molar-refractivity contribution in [3.05, 3.63) is 53.6 Å². The van der Waals surface area contributed by atoms with Crippen molar-refractivity contribution in [3.8, 4) is 5.75 Å². The van der Waals surface area contributed by atoms with Gasteiger partial charge in [-0.1, -0.05) is 29.8 Å². The van der Waals surface area contributed by atoms with Crippen LogP contribution in [-0.2, 0) is 14.4 Å². The van der Waals surface area contributed by atoms with Crippen LogP contribution in [0.3, 0.4) is 0 Å². The number of hydrazone groups is 1. The lowest BCUT2D eigenvalue weighted by Crippen LogP contribution is -2.39. The number of ketones is 1. The molecule has 3 rings (SSSR count). The molecular formula is C22H23ClN4O4. The van der Waals surface area contributed by atoms with Crippen LogP contribution in [0.4, 0.5) is 11.4 Å². The number of anilines is 2. The van der Waals surface area contributed by atoms with E-state index in [1.165, 1.54) is 26.0 Å². The summed E-state index contributed by atoms with van der Waals surface area (Å²) in [5.41, 5.74) is 1.35. The van der Waals surface area contributed by atoms with Gasteiger partial charge in [0, 0.05) is 18.5 Å². The van der Waals surface area contributed by atoms with Gasteiger partial charge < -0.3 is 15.0 Å². The number of halogens is 1. The summed E-state index contributed by atoms with van der Waals surface area (Å²) in [6, 6.07) is 13.5. The lowest BCUT2D eigenvalue weighted by Gasteiger charge is -2.20. The number of methoxy groups -OCH3 is 1. The van der Waals surface area contributed by atoms with Gasteiger partial charge >= 0.3 is 0 Å².